The lowest BCUT2D eigenvalue weighted by atomic mass is 10.2. The van der Waals surface area contributed by atoms with Crippen molar-refractivity contribution in [3.05, 3.63) is 57.3 Å². The fraction of sp³-hybridized carbons (Fsp3) is 0.154. The van der Waals surface area contributed by atoms with Gasteiger partial charge in [-0.25, -0.2) is 0 Å². The second-order valence-electron chi connectivity index (χ2n) is 4.55. The van der Waals surface area contributed by atoms with Gasteiger partial charge in [0.05, 0.1) is 17.2 Å². The lowest BCUT2D eigenvalue weighted by molar-refractivity contribution is -0.402. The van der Waals surface area contributed by atoms with Crippen LogP contribution in [0.25, 0.3) is 0 Å². The second kappa shape index (κ2) is 5.98. The maximum Gasteiger partial charge on any atom is 0.433 e. The van der Waals surface area contributed by atoms with E-state index in [4.69, 9.17) is 4.42 Å². The van der Waals surface area contributed by atoms with Crippen LogP contribution in [-0.4, -0.2) is 19.6 Å². The molecule has 0 saturated carbocycles. The zero-order chi connectivity index (χ0) is 16.3. The summed E-state index contributed by atoms with van der Waals surface area (Å²) in [5.41, 5.74) is 1.39. The van der Waals surface area contributed by atoms with Crippen LogP contribution in [0.2, 0.25) is 0 Å². The molecule has 0 bridgehead atoms. The minimum atomic E-state index is -3.82. The van der Waals surface area contributed by atoms with Crippen molar-refractivity contribution in [3.63, 3.8) is 0 Å². The minimum absolute atomic E-state index is 0.0652. The normalized spacial score (nSPS) is 11.7. The van der Waals surface area contributed by atoms with Crippen molar-refractivity contribution in [1.82, 2.24) is 4.83 Å². The van der Waals surface area contributed by atoms with Gasteiger partial charge in [0, 0.05) is 0 Å². The molecule has 2 aromatic rings. The van der Waals surface area contributed by atoms with Crippen LogP contribution in [0.3, 0.4) is 0 Å². The summed E-state index contributed by atoms with van der Waals surface area (Å²) in [6.45, 7) is 3.46. The number of nitrogens with one attached hydrogen (secondary N) is 1. The SMILES string of the molecule is Cc1ccc(C)c(S(=O)(=O)N/N=C\c2ccc([N+](=O)[O-])o2)c1. The van der Waals surface area contributed by atoms with E-state index in [0.717, 1.165) is 17.8 Å². The van der Waals surface area contributed by atoms with E-state index in [2.05, 4.69) is 5.10 Å². The van der Waals surface area contributed by atoms with Crippen LogP contribution in [0, 0.1) is 24.0 Å². The zero-order valence-electron chi connectivity index (χ0n) is 11.8. The van der Waals surface area contributed by atoms with Crippen molar-refractivity contribution in [1.29, 1.82) is 0 Å². The number of hydrazone groups is 1. The fourth-order valence-electron chi connectivity index (χ4n) is 1.72. The fourth-order valence-corrected chi connectivity index (χ4v) is 2.84. The number of nitro groups is 1. The molecule has 0 fully saturated rings. The first-order valence-electron chi connectivity index (χ1n) is 6.16. The first-order valence-corrected chi connectivity index (χ1v) is 7.64. The Morgan fingerprint density at radius 1 is 1.27 bits per heavy atom. The van der Waals surface area contributed by atoms with Gasteiger partial charge in [0.1, 0.15) is 4.92 Å². The largest absolute Gasteiger partial charge is 0.433 e. The summed E-state index contributed by atoms with van der Waals surface area (Å²) in [7, 11) is -3.82. The van der Waals surface area contributed by atoms with Crippen molar-refractivity contribution < 1.29 is 17.8 Å². The predicted molar refractivity (Wildman–Crippen MR) is 79.2 cm³/mol. The Balaban J connectivity index is 2.16. The van der Waals surface area contributed by atoms with E-state index >= 15 is 0 Å². The molecule has 0 aliphatic rings. The third-order valence-electron chi connectivity index (χ3n) is 2.79. The van der Waals surface area contributed by atoms with E-state index in [1.807, 2.05) is 4.83 Å². The summed E-state index contributed by atoms with van der Waals surface area (Å²) in [4.78, 5) is 11.9. The molecule has 1 heterocycles. The van der Waals surface area contributed by atoms with Crippen molar-refractivity contribution in [2.45, 2.75) is 18.7 Å². The summed E-state index contributed by atoms with van der Waals surface area (Å²) in [6, 6.07) is 7.50. The molecule has 0 aliphatic carbocycles. The highest BCUT2D eigenvalue weighted by Gasteiger charge is 2.16. The summed E-state index contributed by atoms with van der Waals surface area (Å²) in [6.07, 6.45) is 1.05. The Bertz CT molecular complexity index is 839. The predicted octanol–water partition coefficient (Wildman–Crippen LogP) is 2.12. The van der Waals surface area contributed by atoms with Gasteiger partial charge in [-0.3, -0.25) is 10.1 Å². The molecule has 0 aliphatic heterocycles. The number of rotatable bonds is 5. The van der Waals surface area contributed by atoms with Gasteiger partial charge in [-0.2, -0.15) is 18.4 Å². The molecule has 1 aromatic carbocycles. The van der Waals surface area contributed by atoms with Gasteiger partial charge >= 0.3 is 5.88 Å². The van der Waals surface area contributed by atoms with Gasteiger partial charge in [0.15, 0.2) is 5.76 Å². The average Bonchev–Trinajstić information content (AvgIpc) is 2.90. The van der Waals surface area contributed by atoms with Gasteiger partial charge < -0.3 is 4.42 Å². The van der Waals surface area contributed by atoms with Crippen LogP contribution in [-0.2, 0) is 10.0 Å². The van der Waals surface area contributed by atoms with E-state index in [0.29, 0.717) is 5.56 Å². The number of hydrogen-bond donors (Lipinski definition) is 1. The van der Waals surface area contributed by atoms with E-state index in [1.165, 1.54) is 12.1 Å². The molecule has 8 nitrogen and oxygen atoms in total. The van der Waals surface area contributed by atoms with Crippen molar-refractivity contribution in [2.24, 2.45) is 5.10 Å². The first kappa shape index (κ1) is 15.7. The van der Waals surface area contributed by atoms with Gasteiger partial charge in [-0.05, 0) is 37.1 Å². The third kappa shape index (κ3) is 3.50. The molecule has 1 aromatic heterocycles. The summed E-state index contributed by atoms with van der Waals surface area (Å²) in [5, 5.41) is 14.0. The first-order chi connectivity index (χ1) is 10.3. The molecule has 0 unspecified atom stereocenters. The number of benzene rings is 1. The molecule has 1 N–H and O–H groups in total. The van der Waals surface area contributed by atoms with Crippen molar-refractivity contribution >= 4 is 22.1 Å². The molecule has 0 radical (unpaired) electrons. The van der Waals surface area contributed by atoms with Crippen molar-refractivity contribution in [3.8, 4) is 0 Å². The number of hydrogen-bond acceptors (Lipinski definition) is 6. The average molecular weight is 323 g/mol. The topological polar surface area (TPSA) is 115 Å². The zero-order valence-corrected chi connectivity index (χ0v) is 12.6. The minimum Gasteiger partial charge on any atom is -0.400 e. The Labute approximate surface area is 126 Å². The Morgan fingerprint density at radius 3 is 2.64 bits per heavy atom. The molecular formula is C13H13N3O5S. The van der Waals surface area contributed by atoms with Gasteiger partial charge in [0.25, 0.3) is 10.0 Å². The Hall–Kier alpha value is -2.68. The molecule has 0 spiro atoms. The summed E-state index contributed by atoms with van der Waals surface area (Å²) in [5.74, 6) is -0.380. The maximum absolute atomic E-state index is 12.1. The molecular weight excluding hydrogens is 310 g/mol. The highest BCUT2D eigenvalue weighted by atomic mass is 32.2. The molecule has 0 atom stereocenters. The third-order valence-corrected chi connectivity index (χ3v) is 4.16. The van der Waals surface area contributed by atoms with Crippen LogP contribution in [0.4, 0.5) is 5.88 Å². The quantitative estimate of drug-likeness (QED) is 0.514. The Kier molecular flexibility index (Phi) is 4.27. The van der Waals surface area contributed by atoms with Crippen LogP contribution >= 0.6 is 0 Å². The Morgan fingerprint density at radius 2 is 2.00 bits per heavy atom. The molecule has 116 valence electrons. The van der Waals surface area contributed by atoms with Crippen LogP contribution in [0.1, 0.15) is 16.9 Å². The monoisotopic (exact) mass is 323 g/mol. The number of sulfonamides is 1. The molecule has 22 heavy (non-hydrogen) atoms. The lowest BCUT2D eigenvalue weighted by Crippen LogP contribution is -2.19. The molecule has 0 amide bonds. The van der Waals surface area contributed by atoms with Crippen LogP contribution in [0.15, 0.2) is 44.7 Å². The molecule has 9 heteroatoms. The molecule has 0 saturated heterocycles. The second-order valence-corrected chi connectivity index (χ2v) is 6.18. The van der Waals surface area contributed by atoms with E-state index < -0.39 is 20.8 Å². The highest BCUT2D eigenvalue weighted by Crippen LogP contribution is 2.17. The van der Waals surface area contributed by atoms with Crippen LogP contribution < -0.4 is 4.83 Å². The standard InChI is InChI=1S/C13H13N3O5S/c1-9-3-4-10(2)12(7-9)22(19,20)15-14-8-11-5-6-13(21-11)16(17)18/h3-8,15H,1-2H3/b14-8-. The lowest BCUT2D eigenvalue weighted by Gasteiger charge is -2.07. The van der Waals surface area contributed by atoms with Crippen LogP contribution in [0.5, 0.6) is 0 Å². The summed E-state index contributed by atoms with van der Waals surface area (Å²) < 4.78 is 29.1. The maximum atomic E-state index is 12.1. The van der Waals surface area contributed by atoms with Gasteiger partial charge in [-0.1, -0.05) is 12.1 Å². The van der Waals surface area contributed by atoms with Gasteiger partial charge in [-0.15, -0.1) is 0 Å². The highest BCUT2D eigenvalue weighted by molar-refractivity contribution is 7.89. The van der Waals surface area contributed by atoms with Gasteiger partial charge in [0.2, 0.25) is 0 Å². The number of aryl methyl sites for hydroxylation is 2. The van der Waals surface area contributed by atoms with E-state index in [9.17, 15) is 18.5 Å². The summed E-state index contributed by atoms with van der Waals surface area (Å²) >= 11 is 0. The number of furan rings is 1. The van der Waals surface area contributed by atoms with E-state index in [1.54, 1.807) is 26.0 Å². The number of nitrogens with zero attached hydrogens (tertiary/aromatic N) is 2. The molecule has 2 rings (SSSR count). The van der Waals surface area contributed by atoms with E-state index in [-0.39, 0.29) is 10.7 Å². The smallest absolute Gasteiger partial charge is 0.400 e. The van der Waals surface area contributed by atoms with Crippen molar-refractivity contribution in [2.75, 3.05) is 0 Å².